The maximum absolute atomic E-state index is 2.37. The van der Waals surface area contributed by atoms with E-state index in [-0.39, 0.29) is 10.8 Å². The van der Waals surface area contributed by atoms with Crippen LogP contribution in [-0.4, -0.2) is 0 Å². The van der Waals surface area contributed by atoms with E-state index in [0.717, 1.165) is 6.42 Å². The first-order valence-electron chi connectivity index (χ1n) is 8.78. The predicted molar refractivity (Wildman–Crippen MR) is 102 cm³/mol. The fourth-order valence-electron chi connectivity index (χ4n) is 3.52. The minimum Gasteiger partial charge on any atom is -0.0622 e. The lowest BCUT2D eigenvalue weighted by molar-refractivity contribution is 0.519. The van der Waals surface area contributed by atoms with Gasteiger partial charge in [0, 0.05) is 0 Å². The van der Waals surface area contributed by atoms with Gasteiger partial charge in [-0.05, 0) is 45.4 Å². The van der Waals surface area contributed by atoms with Gasteiger partial charge in [-0.15, -0.1) is 0 Å². The van der Waals surface area contributed by atoms with E-state index in [1.807, 2.05) is 0 Å². The van der Waals surface area contributed by atoms with Crippen molar-refractivity contribution >= 4 is 0 Å². The first-order valence-corrected chi connectivity index (χ1v) is 8.78. The standard InChI is InChI=1S/C23H32/c1-17(16-18-12-9-8-10-13-18)19-14-11-15-20(22(2,3)4)21(19)23(5,6)7/h8-15,17H,16H2,1-7H3. The monoisotopic (exact) mass is 308 g/mol. The van der Waals surface area contributed by atoms with Crippen LogP contribution in [-0.2, 0) is 17.3 Å². The van der Waals surface area contributed by atoms with Crippen LogP contribution in [0.2, 0.25) is 0 Å². The first kappa shape index (κ1) is 17.8. The smallest absolute Gasteiger partial charge is 0.0126 e. The molecule has 0 heteroatoms. The summed E-state index contributed by atoms with van der Waals surface area (Å²) in [6.07, 6.45) is 1.09. The van der Waals surface area contributed by atoms with Crippen molar-refractivity contribution in [1.29, 1.82) is 0 Å². The second-order valence-corrected chi connectivity index (χ2v) is 8.86. The van der Waals surface area contributed by atoms with Gasteiger partial charge in [0.25, 0.3) is 0 Å². The van der Waals surface area contributed by atoms with Crippen LogP contribution >= 0.6 is 0 Å². The van der Waals surface area contributed by atoms with Crippen LogP contribution in [0.1, 0.15) is 76.6 Å². The Morgan fingerprint density at radius 2 is 1.35 bits per heavy atom. The minimum absolute atomic E-state index is 0.157. The van der Waals surface area contributed by atoms with E-state index in [1.165, 1.54) is 22.3 Å². The molecule has 0 nitrogen and oxygen atoms in total. The predicted octanol–water partition coefficient (Wildman–Crippen LogP) is 6.63. The molecule has 0 aliphatic heterocycles. The van der Waals surface area contributed by atoms with E-state index in [2.05, 4.69) is 97.0 Å². The third kappa shape index (κ3) is 4.25. The Morgan fingerprint density at radius 1 is 0.739 bits per heavy atom. The van der Waals surface area contributed by atoms with Crippen molar-refractivity contribution in [2.24, 2.45) is 0 Å². The lowest BCUT2D eigenvalue weighted by atomic mass is 9.71. The molecule has 0 spiro atoms. The molecule has 0 saturated carbocycles. The molecule has 1 unspecified atom stereocenters. The Labute approximate surface area is 143 Å². The van der Waals surface area contributed by atoms with Gasteiger partial charge in [0.05, 0.1) is 0 Å². The molecule has 2 rings (SSSR count). The molecule has 0 N–H and O–H groups in total. The Hall–Kier alpha value is -1.56. The number of hydrogen-bond acceptors (Lipinski definition) is 0. The van der Waals surface area contributed by atoms with Crippen molar-refractivity contribution in [2.45, 2.75) is 71.6 Å². The van der Waals surface area contributed by atoms with Crippen LogP contribution in [0.5, 0.6) is 0 Å². The van der Waals surface area contributed by atoms with E-state index in [9.17, 15) is 0 Å². The fourth-order valence-corrected chi connectivity index (χ4v) is 3.52. The molecule has 0 aromatic heterocycles. The molecule has 124 valence electrons. The zero-order chi connectivity index (χ0) is 17.3. The summed E-state index contributed by atoms with van der Waals surface area (Å²) in [5, 5.41) is 0. The molecule has 0 bridgehead atoms. The lowest BCUT2D eigenvalue weighted by Crippen LogP contribution is -2.24. The Kier molecular flexibility index (Phi) is 5.04. The number of benzene rings is 2. The normalized spacial score (nSPS) is 13.9. The van der Waals surface area contributed by atoms with Crippen LogP contribution < -0.4 is 0 Å². The summed E-state index contributed by atoms with van der Waals surface area (Å²) >= 11 is 0. The third-order valence-corrected chi connectivity index (χ3v) is 4.57. The lowest BCUT2D eigenvalue weighted by Gasteiger charge is -2.34. The molecule has 0 saturated heterocycles. The topological polar surface area (TPSA) is 0 Å². The van der Waals surface area contributed by atoms with Crippen molar-refractivity contribution < 1.29 is 0 Å². The highest BCUT2D eigenvalue weighted by molar-refractivity contribution is 5.45. The summed E-state index contributed by atoms with van der Waals surface area (Å²) in [5.41, 5.74) is 6.28. The van der Waals surface area contributed by atoms with Crippen LogP contribution in [0.4, 0.5) is 0 Å². The van der Waals surface area contributed by atoms with Crippen molar-refractivity contribution in [3.63, 3.8) is 0 Å². The molecule has 0 fully saturated rings. The summed E-state index contributed by atoms with van der Waals surface area (Å²) in [4.78, 5) is 0. The van der Waals surface area contributed by atoms with E-state index < -0.39 is 0 Å². The van der Waals surface area contributed by atoms with Crippen LogP contribution in [0, 0.1) is 0 Å². The zero-order valence-corrected chi connectivity index (χ0v) is 15.9. The average molecular weight is 309 g/mol. The van der Waals surface area contributed by atoms with Gasteiger partial charge in [-0.1, -0.05) is 97.0 Å². The van der Waals surface area contributed by atoms with E-state index in [1.54, 1.807) is 0 Å². The Morgan fingerprint density at radius 3 is 1.87 bits per heavy atom. The molecule has 0 heterocycles. The molecule has 0 amide bonds. The van der Waals surface area contributed by atoms with Gasteiger partial charge >= 0.3 is 0 Å². The second-order valence-electron chi connectivity index (χ2n) is 8.86. The van der Waals surface area contributed by atoms with Gasteiger partial charge in [0.1, 0.15) is 0 Å². The first-order chi connectivity index (χ1) is 10.6. The van der Waals surface area contributed by atoms with Gasteiger partial charge < -0.3 is 0 Å². The number of hydrogen-bond donors (Lipinski definition) is 0. The van der Waals surface area contributed by atoms with Gasteiger partial charge in [-0.3, -0.25) is 0 Å². The molecule has 2 aromatic rings. The molecular weight excluding hydrogens is 276 g/mol. The van der Waals surface area contributed by atoms with E-state index >= 15 is 0 Å². The highest BCUT2D eigenvalue weighted by Gasteiger charge is 2.28. The van der Waals surface area contributed by atoms with Crippen LogP contribution in [0.25, 0.3) is 0 Å². The molecule has 2 aromatic carbocycles. The second kappa shape index (κ2) is 6.51. The van der Waals surface area contributed by atoms with Crippen molar-refractivity contribution in [2.75, 3.05) is 0 Å². The van der Waals surface area contributed by atoms with Crippen molar-refractivity contribution in [3.8, 4) is 0 Å². The van der Waals surface area contributed by atoms with Gasteiger partial charge in [-0.2, -0.15) is 0 Å². The number of rotatable bonds is 3. The molecule has 0 aliphatic carbocycles. The summed E-state index contributed by atoms with van der Waals surface area (Å²) in [7, 11) is 0. The van der Waals surface area contributed by atoms with Crippen molar-refractivity contribution in [3.05, 3.63) is 70.8 Å². The molecule has 23 heavy (non-hydrogen) atoms. The summed E-state index contributed by atoms with van der Waals surface area (Å²) in [6, 6.07) is 17.7. The fraction of sp³-hybridized carbons (Fsp3) is 0.478. The largest absolute Gasteiger partial charge is 0.0622 e. The molecule has 1 atom stereocenters. The Bertz CT molecular complexity index is 636. The van der Waals surface area contributed by atoms with Crippen LogP contribution in [0.3, 0.4) is 0 Å². The van der Waals surface area contributed by atoms with Gasteiger partial charge in [0.2, 0.25) is 0 Å². The van der Waals surface area contributed by atoms with E-state index in [0.29, 0.717) is 5.92 Å². The summed E-state index contributed by atoms with van der Waals surface area (Å²) in [6.45, 7) is 16.4. The third-order valence-electron chi connectivity index (χ3n) is 4.57. The SMILES string of the molecule is CC(Cc1ccccc1)c1cccc(C(C)(C)C)c1C(C)(C)C. The molecular formula is C23H32. The summed E-state index contributed by atoms with van der Waals surface area (Å²) in [5.74, 6) is 0.522. The summed E-state index contributed by atoms with van der Waals surface area (Å²) < 4.78 is 0. The maximum atomic E-state index is 2.37. The highest BCUT2D eigenvalue weighted by Crippen LogP contribution is 2.39. The van der Waals surface area contributed by atoms with Gasteiger partial charge in [-0.25, -0.2) is 0 Å². The zero-order valence-electron chi connectivity index (χ0n) is 15.9. The van der Waals surface area contributed by atoms with Gasteiger partial charge in [0.15, 0.2) is 0 Å². The average Bonchev–Trinajstić information content (AvgIpc) is 2.45. The Balaban J connectivity index is 2.49. The van der Waals surface area contributed by atoms with E-state index in [4.69, 9.17) is 0 Å². The van der Waals surface area contributed by atoms with Crippen molar-refractivity contribution in [1.82, 2.24) is 0 Å². The molecule has 0 radical (unpaired) electrons. The minimum atomic E-state index is 0.157. The maximum Gasteiger partial charge on any atom is -0.0126 e. The molecule has 0 aliphatic rings. The van der Waals surface area contributed by atoms with Crippen LogP contribution in [0.15, 0.2) is 48.5 Å². The highest BCUT2D eigenvalue weighted by atomic mass is 14.3. The quantitative estimate of drug-likeness (QED) is 0.597.